The van der Waals surface area contributed by atoms with Crippen LogP contribution in [0, 0.1) is 0 Å². The van der Waals surface area contributed by atoms with Gasteiger partial charge >= 0.3 is 0 Å². The van der Waals surface area contributed by atoms with Gasteiger partial charge in [-0.25, -0.2) is 0 Å². The molecule has 0 atom stereocenters. The molecule has 0 aliphatic heterocycles. The van der Waals surface area contributed by atoms with Crippen molar-refractivity contribution in [2.75, 3.05) is 0 Å². The molecule has 1 amide bonds. The van der Waals surface area contributed by atoms with Gasteiger partial charge in [-0.1, -0.05) is 18.7 Å². The Kier molecular flexibility index (Phi) is 4.05. The van der Waals surface area contributed by atoms with Crippen molar-refractivity contribution in [3.05, 3.63) is 35.5 Å². The summed E-state index contributed by atoms with van der Waals surface area (Å²) in [5.74, 6) is -0.371. The van der Waals surface area contributed by atoms with Gasteiger partial charge in [0, 0.05) is 5.57 Å². The molecule has 0 fully saturated rings. The van der Waals surface area contributed by atoms with Crippen LogP contribution in [0.2, 0.25) is 0 Å². The standard InChI is InChI=1S/C10H15NO/c1-5-6-7(2)8(3)9(4)10(11)12/h5-6H,1H2,2-4H3,(H2,11,12)/b7-6+,9-8+. The number of allylic oxidation sites excluding steroid dienone is 4. The summed E-state index contributed by atoms with van der Waals surface area (Å²) >= 11 is 0. The molecule has 0 aliphatic rings. The Balaban J connectivity index is 4.90. The fraction of sp³-hybridized carbons (Fsp3) is 0.300. The number of primary amides is 1. The van der Waals surface area contributed by atoms with Gasteiger partial charge in [0.05, 0.1) is 0 Å². The van der Waals surface area contributed by atoms with Crippen LogP contribution in [0.5, 0.6) is 0 Å². The van der Waals surface area contributed by atoms with E-state index in [1.54, 1.807) is 13.0 Å². The SMILES string of the molecule is C=C/C=C(C)/C(C)=C(\C)C(N)=O. The van der Waals surface area contributed by atoms with Crippen molar-refractivity contribution in [1.29, 1.82) is 0 Å². The Labute approximate surface area is 73.5 Å². The minimum absolute atomic E-state index is 0.371. The van der Waals surface area contributed by atoms with Crippen LogP contribution in [-0.4, -0.2) is 5.91 Å². The van der Waals surface area contributed by atoms with Gasteiger partial charge in [-0.05, 0) is 31.9 Å². The van der Waals surface area contributed by atoms with Gasteiger partial charge in [0.1, 0.15) is 0 Å². The van der Waals surface area contributed by atoms with Crippen molar-refractivity contribution in [3.8, 4) is 0 Å². The van der Waals surface area contributed by atoms with Crippen molar-refractivity contribution in [2.45, 2.75) is 20.8 Å². The minimum atomic E-state index is -0.371. The van der Waals surface area contributed by atoms with E-state index in [1.165, 1.54) is 0 Å². The summed E-state index contributed by atoms with van der Waals surface area (Å²) in [6.45, 7) is 9.08. The molecule has 0 saturated carbocycles. The monoisotopic (exact) mass is 165 g/mol. The average Bonchev–Trinajstić information content (AvgIpc) is 2.02. The maximum absolute atomic E-state index is 10.8. The lowest BCUT2D eigenvalue weighted by Gasteiger charge is -2.03. The highest BCUT2D eigenvalue weighted by Gasteiger charge is 2.03. The van der Waals surface area contributed by atoms with E-state index in [9.17, 15) is 4.79 Å². The second-order valence-corrected chi connectivity index (χ2v) is 2.70. The van der Waals surface area contributed by atoms with Crippen LogP contribution in [0.15, 0.2) is 35.5 Å². The third-order valence-electron chi connectivity index (χ3n) is 1.89. The molecule has 2 heteroatoms. The number of rotatable bonds is 3. The van der Waals surface area contributed by atoms with E-state index in [2.05, 4.69) is 6.58 Å². The van der Waals surface area contributed by atoms with E-state index in [-0.39, 0.29) is 5.91 Å². The van der Waals surface area contributed by atoms with Crippen LogP contribution in [0.25, 0.3) is 0 Å². The highest BCUT2D eigenvalue weighted by atomic mass is 16.1. The first-order valence-corrected chi connectivity index (χ1v) is 3.77. The Bertz CT molecular complexity index is 259. The number of amides is 1. The normalized spacial score (nSPS) is 13.8. The van der Waals surface area contributed by atoms with Gasteiger partial charge in [0.15, 0.2) is 0 Å². The molecule has 0 rings (SSSR count). The van der Waals surface area contributed by atoms with Gasteiger partial charge in [-0.3, -0.25) is 4.79 Å². The summed E-state index contributed by atoms with van der Waals surface area (Å²) in [4.78, 5) is 10.8. The van der Waals surface area contributed by atoms with Gasteiger partial charge in [-0.2, -0.15) is 0 Å². The quantitative estimate of drug-likeness (QED) is 0.504. The maximum atomic E-state index is 10.8. The van der Waals surface area contributed by atoms with Crippen LogP contribution >= 0.6 is 0 Å². The Morgan fingerprint density at radius 2 is 1.75 bits per heavy atom. The number of nitrogens with two attached hydrogens (primary N) is 1. The van der Waals surface area contributed by atoms with E-state index in [0.717, 1.165) is 11.1 Å². The van der Waals surface area contributed by atoms with E-state index >= 15 is 0 Å². The van der Waals surface area contributed by atoms with Crippen molar-refractivity contribution < 1.29 is 4.79 Å². The lowest BCUT2D eigenvalue weighted by atomic mass is 10.0. The molecule has 0 spiro atoms. The topological polar surface area (TPSA) is 43.1 Å². The molecule has 0 aliphatic carbocycles. The van der Waals surface area contributed by atoms with Crippen LogP contribution in [-0.2, 0) is 4.79 Å². The third kappa shape index (κ3) is 2.74. The van der Waals surface area contributed by atoms with Crippen molar-refractivity contribution in [2.24, 2.45) is 5.73 Å². The highest BCUT2D eigenvalue weighted by molar-refractivity contribution is 5.92. The van der Waals surface area contributed by atoms with Crippen LogP contribution in [0.1, 0.15) is 20.8 Å². The molecule has 0 saturated heterocycles. The largest absolute Gasteiger partial charge is 0.366 e. The molecular weight excluding hydrogens is 150 g/mol. The molecular formula is C10H15NO. The van der Waals surface area contributed by atoms with Crippen LogP contribution < -0.4 is 5.73 Å². The third-order valence-corrected chi connectivity index (χ3v) is 1.89. The second kappa shape index (κ2) is 4.54. The van der Waals surface area contributed by atoms with E-state index < -0.39 is 0 Å². The first-order chi connectivity index (χ1) is 5.50. The van der Waals surface area contributed by atoms with Crippen LogP contribution in [0.4, 0.5) is 0 Å². The molecule has 2 nitrogen and oxygen atoms in total. The molecule has 66 valence electrons. The zero-order valence-electron chi connectivity index (χ0n) is 7.85. The number of carbonyl (C=O) groups is 1. The Hall–Kier alpha value is -1.31. The highest BCUT2D eigenvalue weighted by Crippen LogP contribution is 2.12. The second-order valence-electron chi connectivity index (χ2n) is 2.70. The Morgan fingerprint density at radius 1 is 1.25 bits per heavy atom. The van der Waals surface area contributed by atoms with Crippen molar-refractivity contribution in [1.82, 2.24) is 0 Å². The van der Waals surface area contributed by atoms with E-state index in [1.807, 2.05) is 19.9 Å². The van der Waals surface area contributed by atoms with E-state index in [4.69, 9.17) is 5.73 Å². The number of hydrogen-bond donors (Lipinski definition) is 1. The number of hydrogen-bond acceptors (Lipinski definition) is 1. The van der Waals surface area contributed by atoms with Crippen molar-refractivity contribution in [3.63, 3.8) is 0 Å². The lowest BCUT2D eigenvalue weighted by Crippen LogP contribution is -2.13. The average molecular weight is 165 g/mol. The van der Waals surface area contributed by atoms with Gasteiger partial charge < -0.3 is 5.73 Å². The van der Waals surface area contributed by atoms with Gasteiger partial charge in [0.25, 0.3) is 0 Å². The molecule has 12 heavy (non-hydrogen) atoms. The zero-order chi connectivity index (χ0) is 9.72. The molecule has 0 heterocycles. The van der Waals surface area contributed by atoms with Gasteiger partial charge in [0.2, 0.25) is 5.91 Å². The Morgan fingerprint density at radius 3 is 2.08 bits per heavy atom. The first kappa shape index (κ1) is 10.7. The molecule has 0 aromatic carbocycles. The summed E-state index contributed by atoms with van der Waals surface area (Å²) in [5, 5.41) is 0. The molecule has 0 bridgehead atoms. The number of carbonyl (C=O) groups excluding carboxylic acids is 1. The van der Waals surface area contributed by atoms with E-state index in [0.29, 0.717) is 5.57 Å². The van der Waals surface area contributed by atoms with Crippen molar-refractivity contribution >= 4 is 5.91 Å². The van der Waals surface area contributed by atoms with Crippen LogP contribution in [0.3, 0.4) is 0 Å². The molecule has 2 N–H and O–H groups in total. The fourth-order valence-electron chi connectivity index (χ4n) is 0.782. The summed E-state index contributed by atoms with van der Waals surface area (Å²) < 4.78 is 0. The molecule has 0 aromatic heterocycles. The fourth-order valence-corrected chi connectivity index (χ4v) is 0.782. The smallest absolute Gasteiger partial charge is 0.244 e. The zero-order valence-corrected chi connectivity index (χ0v) is 7.85. The molecule has 0 radical (unpaired) electrons. The summed E-state index contributed by atoms with van der Waals surface area (Å²) in [7, 11) is 0. The first-order valence-electron chi connectivity index (χ1n) is 3.77. The van der Waals surface area contributed by atoms with Gasteiger partial charge in [-0.15, -0.1) is 0 Å². The molecule has 0 aromatic rings. The summed E-state index contributed by atoms with van der Waals surface area (Å²) in [6, 6.07) is 0. The predicted octanol–water partition coefficient (Wildman–Crippen LogP) is 1.94. The predicted molar refractivity (Wildman–Crippen MR) is 51.5 cm³/mol. The summed E-state index contributed by atoms with van der Waals surface area (Å²) in [6.07, 6.45) is 3.54. The lowest BCUT2D eigenvalue weighted by molar-refractivity contribution is -0.114. The molecule has 0 unspecified atom stereocenters. The maximum Gasteiger partial charge on any atom is 0.244 e. The minimum Gasteiger partial charge on any atom is -0.366 e. The summed E-state index contributed by atoms with van der Waals surface area (Å²) in [5.41, 5.74) is 7.66.